The van der Waals surface area contributed by atoms with Gasteiger partial charge in [0.2, 0.25) is 0 Å². The SMILES string of the molecule is C=CCOc1ccc(/C=C2\SC(Nc3cc(Cl)ccc3OC)NC2=O)cc1. The van der Waals surface area contributed by atoms with Gasteiger partial charge in [0.05, 0.1) is 17.7 Å². The van der Waals surface area contributed by atoms with Crippen LogP contribution in [-0.4, -0.2) is 25.1 Å². The Labute approximate surface area is 167 Å². The van der Waals surface area contributed by atoms with Gasteiger partial charge in [-0.25, -0.2) is 0 Å². The number of rotatable bonds is 7. The number of methoxy groups -OCH3 is 1. The Balaban J connectivity index is 1.69. The summed E-state index contributed by atoms with van der Waals surface area (Å²) < 4.78 is 10.8. The van der Waals surface area contributed by atoms with E-state index < -0.39 is 0 Å². The first-order valence-electron chi connectivity index (χ1n) is 8.22. The van der Waals surface area contributed by atoms with Gasteiger partial charge in [0, 0.05) is 5.02 Å². The Morgan fingerprint density at radius 2 is 2.07 bits per heavy atom. The third-order valence-electron chi connectivity index (χ3n) is 3.72. The molecule has 27 heavy (non-hydrogen) atoms. The Morgan fingerprint density at radius 3 is 2.78 bits per heavy atom. The molecule has 1 aliphatic heterocycles. The summed E-state index contributed by atoms with van der Waals surface area (Å²) in [4.78, 5) is 12.9. The van der Waals surface area contributed by atoms with Crippen molar-refractivity contribution in [2.24, 2.45) is 0 Å². The number of anilines is 1. The fourth-order valence-electron chi connectivity index (χ4n) is 2.47. The number of thioether (sulfide) groups is 1. The molecule has 0 spiro atoms. The van der Waals surface area contributed by atoms with Crippen LogP contribution in [0.2, 0.25) is 5.02 Å². The summed E-state index contributed by atoms with van der Waals surface area (Å²) >= 11 is 7.45. The summed E-state index contributed by atoms with van der Waals surface area (Å²) in [6, 6.07) is 12.8. The van der Waals surface area contributed by atoms with Crippen molar-refractivity contribution in [3.05, 3.63) is 70.6 Å². The molecule has 0 bridgehead atoms. The summed E-state index contributed by atoms with van der Waals surface area (Å²) in [5.74, 6) is 1.28. The number of hydrogen-bond acceptors (Lipinski definition) is 5. The molecule has 1 fully saturated rings. The van der Waals surface area contributed by atoms with Crippen LogP contribution in [0.3, 0.4) is 0 Å². The molecule has 1 amide bonds. The number of amides is 1. The number of benzene rings is 2. The molecule has 5 nitrogen and oxygen atoms in total. The summed E-state index contributed by atoms with van der Waals surface area (Å²) in [5.41, 5.74) is 1.32. The van der Waals surface area contributed by atoms with Gasteiger partial charge in [-0.3, -0.25) is 4.79 Å². The van der Waals surface area contributed by atoms with Gasteiger partial charge in [-0.1, -0.05) is 48.2 Å². The molecule has 2 aromatic carbocycles. The molecule has 2 N–H and O–H groups in total. The van der Waals surface area contributed by atoms with Crippen molar-refractivity contribution in [1.29, 1.82) is 0 Å². The van der Waals surface area contributed by atoms with Crippen molar-refractivity contribution >= 4 is 41.0 Å². The van der Waals surface area contributed by atoms with Gasteiger partial charge in [-0.2, -0.15) is 0 Å². The van der Waals surface area contributed by atoms with Crippen molar-refractivity contribution in [3.63, 3.8) is 0 Å². The van der Waals surface area contributed by atoms with Crippen LogP contribution < -0.4 is 20.1 Å². The standard InChI is InChI=1S/C20H19ClN2O3S/c1-3-10-26-15-7-4-13(5-8-15)11-18-19(24)23-20(27-18)22-16-12-14(21)6-9-17(16)25-2/h3-9,11-12,20,22H,1,10H2,2H3,(H,23,24)/b18-11-. The lowest BCUT2D eigenvalue weighted by molar-refractivity contribution is -0.116. The smallest absolute Gasteiger partial charge is 0.260 e. The number of carbonyl (C=O) groups is 1. The van der Waals surface area contributed by atoms with Crippen molar-refractivity contribution < 1.29 is 14.3 Å². The van der Waals surface area contributed by atoms with Crippen molar-refractivity contribution in [2.75, 3.05) is 19.0 Å². The fourth-order valence-corrected chi connectivity index (χ4v) is 3.61. The van der Waals surface area contributed by atoms with Crippen molar-refractivity contribution in [2.45, 2.75) is 5.50 Å². The minimum atomic E-state index is -0.314. The van der Waals surface area contributed by atoms with Gasteiger partial charge < -0.3 is 20.1 Å². The van der Waals surface area contributed by atoms with Crippen molar-refractivity contribution in [1.82, 2.24) is 5.32 Å². The molecular weight excluding hydrogens is 384 g/mol. The van der Waals surface area contributed by atoms with Crippen LogP contribution in [0.15, 0.2) is 60.0 Å². The third-order valence-corrected chi connectivity index (χ3v) is 4.99. The normalized spacial score (nSPS) is 17.5. The Morgan fingerprint density at radius 1 is 1.30 bits per heavy atom. The maximum atomic E-state index is 12.3. The predicted molar refractivity (Wildman–Crippen MR) is 111 cm³/mol. The van der Waals surface area contributed by atoms with Crippen LogP contribution in [0.25, 0.3) is 6.08 Å². The quantitative estimate of drug-likeness (QED) is 0.527. The van der Waals surface area contributed by atoms with Crippen LogP contribution in [0, 0.1) is 0 Å². The lowest BCUT2D eigenvalue weighted by Crippen LogP contribution is -2.31. The average molecular weight is 403 g/mol. The summed E-state index contributed by atoms with van der Waals surface area (Å²) in [6.07, 6.45) is 3.53. The van der Waals surface area contributed by atoms with E-state index in [4.69, 9.17) is 21.1 Å². The van der Waals surface area contributed by atoms with Crippen LogP contribution in [0.4, 0.5) is 5.69 Å². The molecule has 1 saturated heterocycles. The van der Waals surface area contributed by atoms with E-state index in [2.05, 4.69) is 17.2 Å². The zero-order chi connectivity index (χ0) is 19.2. The largest absolute Gasteiger partial charge is 0.495 e. The van der Waals surface area contributed by atoms with Gasteiger partial charge >= 0.3 is 0 Å². The maximum Gasteiger partial charge on any atom is 0.260 e. The van der Waals surface area contributed by atoms with Crippen LogP contribution >= 0.6 is 23.4 Å². The van der Waals surface area contributed by atoms with E-state index in [0.717, 1.165) is 11.3 Å². The van der Waals surface area contributed by atoms with E-state index in [0.29, 0.717) is 28.0 Å². The number of halogens is 1. The van der Waals surface area contributed by atoms with Crippen LogP contribution in [0.1, 0.15) is 5.56 Å². The highest BCUT2D eigenvalue weighted by Crippen LogP contribution is 2.34. The zero-order valence-corrected chi connectivity index (χ0v) is 16.3. The molecular formula is C20H19ClN2O3S. The van der Waals surface area contributed by atoms with Crippen LogP contribution in [-0.2, 0) is 4.79 Å². The monoisotopic (exact) mass is 402 g/mol. The van der Waals surface area contributed by atoms with E-state index in [1.807, 2.05) is 30.3 Å². The van der Waals surface area contributed by atoms with E-state index in [9.17, 15) is 4.79 Å². The van der Waals surface area contributed by atoms with Gasteiger partial charge in [0.1, 0.15) is 18.1 Å². The molecule has 0 radical (unpaired) electrons. The molecule has 7 heteroatoms. The average Bonchev–Trinajstić information content (AvgIpc) is 3.00. The second-order valence-corrected chi connectivity index (χ2v) is 7.22. The van der Waals surface area contributed by atoms with E-state index in [-0.39, 0.29) is 11.4 Å². The first-order chi connectivity index (χ1) is 13.1. The van der Waals surface area contributed by atoms with Gasteiger partial charge in [0.25, 0.3) is 5.91 Å². The molecule has 0 saturated carbocycles. The molecule has 2 aromatic rings. The Kier molecular flexibility index (Phi) is 6.32. The molecule has 1 unspecified atom stereocenters. The second-order valence-electron chi connectivity index (χ2n) is 5.64. The maximum absolute atomic E-state index is 12.3. The minimum Gasteiger partial charge on any atom is -0.495 e. The summed E-state index contributed by atoms with van der Waals surface area (Å²) in [6.45, 7) is 4.08. The van der Waals surface area contributed by atoms with Gasteiger partial charge in [-0.05, 0) is 42.0 Å². The van der Waals surface area contributed by atoms with Gasteiger partial charge in [0.15, 0.2) is 5.50 Å². The van der Waals surface area contributed by atoms with Gasteiger partial charge in [-0.15, -0.1) is 0 Å². The van der Waals surface area contributed by atoms with E-state index >= 15 is 0 Å². The molecule has 0 aromatic heterocycles. The topological polar surface area (TPSA) is 59.6 Å². The number of nitrogens with one attached hydrogen (secondary N) is 2. The molecule has 140 valence electrons. The molecule has 0 aliphatic carbocycles. The Bertz CT molecular complexity index is 868. The molecule has 1 atom stereocenters. The number of carbonyl (C=O) groups excluding carboxylic acids is 1. The highest BCUT2D eigenvalue weighted by Gasteiger charge is 2.27. The van der Waals surface area contributed by atoms with E-state index in [1.165, 1.54) is 11.8 Å². The minimum absolute atomic E-state index is 0.134. The molecule has 1 heterocycles. The summed E-state index contributed by atoms with van der Waals surface area (Å²) in [5, 5.41) is 6.71. The highest BCUT2D eigenvalue weighted by atomic mass is 35.5. The molecule has 3 rings (SSSR count). The first-order valence-corrected chi connectivity index (χ1v) is 9.48. The van der Waals surface area contributed by atoms with Crippen molar-refractivity contribution in [3.8, 4) is 11.5 Å². The lowest BCUT2D eigenvalue weighted by Gasteiger charge is -2.15. The highest BCUT2D eigenvalue weighted by molar-refractivity contribution is 8.05. The number of hydrogen-bond donors (Lipinski definition) is 2. The fraction of sp³-hybridized carbons (Fsp3) is 0.150. The predicted octanol–water partition coefficient (Wildman–Crippen LogP) is 4.51. The lowest BCUT2D eigenvalue weighted by atomic mass is 10.2. The Hall–Kier alpha value is -2.57. The van der Waals surface area contributed by atoms with E-state index in [1.54, 1.807) is 31.4 Å². The van der Waals surface area contributed by atoms with Crippen LogP contribution in [0.5, 0.6) is 11.5 Å². The molecule has 1 aliphatic rings. The second kappa shape index (κ2) is 8.88. The number of ether oxygens (including phenoxy) is 2. The summed E-state index contributed by atoms with van der Waals surface area (Å²) in [7, 11) is 1.59. The first kappa shape index (κ1) is 19.2. The third kappa shape index (κ3) is 4.99. The zero-order valence-electron chi connectivity index (χ0n) is 14.7.